The van der Waals surface area contributed by atoms with Gasteiger partial charge in [0.2, 0.25) is 0 Å². The maximum Gasteiger partial charge on any atom is 0.328 e. The second kappa shape index (κ2) is 5.17. The van der Waals surface area contributed by atoms with Gasteiger partial charge in [-0.2, -0.15) is 0 Å². The molecule has 0 unspecified atom stereocenters. The van der Waals surface area contributed by atoms with Crippen molar-refractivity contribution in [3.8, 4) is 0 Å². The Morgan fingerprint density at radius 3 is 2.80 bits per heavy atom. The molecule has 0 atom stereocenters. The first-order valence-corrected chi connectivity index (χ1v) is 4.67. The van der Waals surface area contributed by atoms with E-state index in [0.29, 0.717) is 6.54 Å². The Kier molecular flexibility index (Phi) is 3.88. The Morgan fingerprint density at radius 2 is 2.20 bits per heavy atom. The van der Waals surface area contributed by atoms with Crippen LogP contribution in [0.4, 0.5) is 5.69 Å². The van der Waals surface area contributed by atoms with Crippen LogP contribution in [-0.4, -0.2) is 17.6 Å². The molecular formula is C11H14N2O2. The number of carboxylic acids is 1. The van der Waals surface area contributed by atoms with E-state index < -0.39 is 5.97 Å². The van der Waals surface area contributed by atoms with Crippen molar-refractivity contribution in [2.75, 3.05) is 11.6 Å². The van der Waals surface area contributed by atoms with Gasteiger partial charge in [0, 0.05) is 12.6 Å². The highest BCUT2D eigenvalue weighted by atomic mass is 16.4. The summed E-state index contributed by atoms with van der Waals surface area (Å²) in [5.74, 6) is 4.79. The number of carboxylic acid groups (broad SMARTS) is 1. The van der Waals surface area contributed by atoms with Gasteiger partial charge in [-0.1, -0.05) is 18.2 Å². The third-order valence-corrected chi connectivity index (χ3v) is 1.99. The Hall–Kier alpha value is -1.81. The molecule has 0 fully saturated rings. The number of aliphatic carboxylic acids is 1. The molecule has 15 heavy (non-hydrogen) atoms. The van der Waals surface area contributed by atoms with Gasteiger partial charge in [0.15, 0.2) is 0 Å². The van der Waals surface area contributed by atoms with Crippen molar-refractivity contribution in [2.45, 2.75) is 6.92 Å². The monoisotopic (exact) mass is 206 g/mol. The Labute approximate surface area is 88.6 Å². The molecule has 1 aromatic rings. The quantitative estimate of drug-likeness (QED) is 0.445. The molecule has 0 aliphatic rings. The van der Waals surface area contributed by atoms with Gasteiger partial charge in [-0.05, 0) is 24.6 Å². The third kappa shape index (κ3) is 3.11. The normalized spacial score (nSPS) is 10.5. The molecule has 80 valence electrons. The highest BCUT2D eigenvalue weighted by Gasteiger charge is 2.02. The standard InChI is InChI=1S/C11H14N2O2/c1-2-13(12)10-6-4-3-5-9(10)7-8-11(14)15/h3-8H,2,12H2,1H3,(H,14,15)/b8-7+. The minimum absolute atomic E-state index is 0.665. The Morgan fingerprint density at radius 1 is 1.53 bits per heavy atom. The summed E-state index contributed by atoms with van der Waals surface area (Å²) < 4.78 is 0. The molecule has 0 saturated heterocycles. The van der Waals surface area contributed by atoms with E-state index in [-0.39, 0.29) is 0 Å². The number of anilines is 1. The molecule has 4 nitrogen and oxygen atoms in total. The fourth-order valence-electron chi connectivity index (χ4n) is 1.22. The lowest BCUT2D eigenvalue weighted by molar-refractivity contribution is -0.131. The van der Waals surface area contributed by atoms with Crippen molar-refractivity contribution in [3.05, 3.63) is 35.9 Å². The molecule has 0 aromatic heterocycles. The average Bonchev–Trinajstić information content (AvgIpc) is 2.25. The van der Waals surface area contributed by atoms with Crippen molar-refractivity contribution < 1.29 is 9.90 Å². The summed E-state index contributed by atoms with van der Waals surface area (Å²) in [4.78, 5) is 10.4. The van der Waals surface area contributed by atoms with Crippen LogP contribution in [0.1, 0.15) is 12.5 Å². The van der Waals surface area contributed by atoms with Crippen LogP contribution >= 0.6 is 0 Å². The van der Waals surface area contributed by atoms with E-state index in [9.17, 15) is 4.79 Å². The summed E-state index contributed by atoms with van der Waals surface area (Å²) in [6.07, 6.45) is 2.63. The molecule has 0 saturated carbocycles. The van der Waals surface area contributed by atoms with Crippen LogP contribution in [0.3, 0.4) is 0 Å². The highest BCUT2D eigenvalue weighted by molar-refractivity contribution is 5.86. The number of hydrogen-bond donors (Lipinski definition) is 2. The first-order chi connectivity index (χ1) is 7.15. The van der Waals surface area contributed by atoms with Gasteiger partial charge in [-0.25, -0.2) is 10.6 Å². The molecule has 0 spiro atoms. The van der Waals surface area contributed by atoms with Gasteiger partial charge in [0.1, 0.15) is 0 Å². The number of benzene rings is 1. The molecule has 0 bridgehead atoms. The van der Waals surface area contributed by atoms with E-state index in [0.717, 1.165) is 17.3 Å². The lowest BCUT2D eigenvalue weighted by Crippen LogP contribution is -2.30. The summed E-state index contributed by atoms with van der Waals surface area (Å²) in [6, 6.07) is 7.38. The van der Waals surface area contributed by atoms with E-state index in [2.05, 4.69) is 0 Å². The zero-order valence-electron chi connectivity index (χ0n) is 8.55. The average molecular weight is 206 g/mol. The molecule has 1 aromatic carbocycles. The fraction of sp³-hybridized carbons (Fsp3) is 0.182. The highest BCUT2D eigenvalue weighted by Crippen LogP contribution is 2.18. The number of rotatable bonds is 4. The van der Waals surface area contributed by atoms with Crippen LogP contribution in [0.2, 0.25) is 0 Å². The zero-order chi connectivity index (χ0) is 11.3. The molecule has 1 rings (SSSR count). The third-order valence-electron chi connectivity index (χ3n) is 1.99. The Bertz CT molecular complexity index is 375. The number of carbonyl (C=O) groups is 1. The van der Waals surface area contributed by atoms with Crippen molar-refractivity contribution in [2.24, 2.45) is 5.84 Å². The maximum absolute atomic E-state index is 10.4. The maximum atomic E-state index is 10.4. The molecule has 4 heteroatoms. The van der Waals surface area contributed by atoms with Crippen LogP contribution < -0.4 is 10.9 Å². The molecule has 0 aliphatic heterocycles. The second-order valence-corrected chi connectivity index (χ2v) is 3.02. The van der Waals surface area contributed by atoms with Crippen molar-refractivity contribution >= 4 is 17.7 Å². The minimum Gasteiger partial charge on any atom is -0.478 e. The number of nitrogens with zero attached hydrogens (tertiary/aromatic N) is 1. The van der Waals surface area contributed by atoms with Crippen LogP contribution in [0.25, 0.3) is 6.08 Å². The predicted octanol–water partition coefficient (Wildman–Crippen LogP) is 1.48. The van der Waals surface area contributed by atoms with E-state index in [4.69, 9.17) is 10.9 Å². The lowest BCUT2D eigenvalue weighted by atomic mass is 10.1. The summed E-state index contributed by atoms with van der Waals surface area (Å²) in [6.45, 7) is 2.59. The van der Waals surface area contributed by atoms with Gasteiger partial charge < -0.3 is 10.1 Å². The summed E-state index contributed by atoms with van der Waals surface area (Å²) in [7, 11) is 0. The smallest absolute Gasteiger partial charge is 0.328 e. The minimum atomic E-state index is -0.968. The van der Waals surface area contributed by atoms with Gasteiger partial charge in [0.05, 0.1) is 5.69 Å². The van der Waals surface area contributed by atoms with Crippen LogP contribution in [0.15, 0.2) is 30.3 Å². The summed E-state index contributed by atoms with van der Waals surface area (Å²) in [5, 5.41) is 10.1. The molecular weight excluding hydrogens is 192 g/mol. The zero-order valence-corrected chi connectivity index (χ0v) is 8.55. The molecule has 0 aliphatic carbocycles. The van der Waals surface area contributed by atoms with E-state index in [1.165, 1.54) is 6.08 Å². The van der Waals surface area contributed by atoms with Crippen LogP contribution in [0, 0.1) is 0 Å². The van der Waals surface area contributed by atoms with Crippen LogP contribution in [0.5, 0.6) is 0 Å². The van der Waals surface area contributed by atoms with Gasteiger partial charge in [-0.15, -0.1) is 0 Å². The van der Waals surface area contributed by atoms with Gasteiger partial charge in [-0.3, -0.25) is 0 Å². The topological polar surface area (TPSA) is 66.6 Å². The summed E-state index contributed by atoms with van der Waals surface area (Å²) >= 11 is 0. The van der Waals surface area contributed by atoms with Crippen molar-refractivity contribution in [1.82, 2.24) is 0 Å². The SMILES string of the molecule is CCN(N)c1ccccc1/C=C/C(=O)O. The molecule has 0 amide bonds. The predicted molar refractivity (Wildman–Crippen MR) is 60.3 cm³/mol. The number of nitrogens with two attached hydrogens (primary N) is 1. The second-order valence-electron chi connectivity index (χ2n) is 3.02. The van der Waals surface area contributed by atoms with Crippen molar-refractivity contribution in [1.29, 1.82) is 0 Å². The molecule has 3 N–H and O–H groups in total. The lowest BCUT2D eigenvalue weighted by Gasteiger charge is -2.18. The van der Waals surface area contributed by atoms with E-state index in [1.807, 2.05) is 31.2 Å². The first kappa shape index (κ1) is 11.3. The van der Waals surface area contributed by atoms with Crippen LogP contribution in [-0.2, 0) is 4.79 Å². The number of hydrogen-bond acceptors (Lipinski definition) is 3. The number of para-hydroxylation sites is 1. The van der Waals surface area contributed by atoms with Gasteiger partial charge >= 0.3 is 5.97 Å². The number of hydrazine groups is 1. The van der Waals surface area contributed by atoms with Crippen molar-refractivity contribution in [3.63, 3.8) is 0 Å². The molecule has 0 heterocycles. The fourth-order valence-corrected chi connectivity index (χ4v) is 1.22. The largest absolute Gasteiger partial charge is 0.478 e. The van der Waals surface area contributed by atoms with E-state index in [1.54, 1.807) is 5.01 Å². The Balaban J connectivity index is 3.01. The summed E-state index contributed by atoms with van der Waals surface area (Å²) in [5.41, 5.74) is 1.61. The van der Waals surface area contributed by atoms with Gasteiger partial charge in [0.25, 0.3) is 0 Å². The van der Waals surface area contributed by atoms with E-state index >= 15 is 0 Å². The molecule has 0 radical (unpaired) electrons. The first-order valence-electron chi connectivity index (χ1n) is 4.67.